The third-order valence-corrected chi connectivity index (χ3v) is 7.08. The van der Waals surface area contributed by atoms with E-state index in [9.17, 15) is 9.18 Å². The zero-order valence-electron chi connectivity index (χ0n) is 17.3. The minimum absolute atomic E-state index is 0.105. The third-order valence-electron chi connectivity index (χ3n) is 6.01. The first-order valence-electron chi connectivity index (χ1n) is 10.5. The van der Waals surface area contributed by atoms with E-state index >= 15 is 0 Å². The Morgan fingerprint density at radius 2 is 2.00 bits per heavy atom. The molecule has 0 atom stereocenters. The summed E-state index contributed by atoms with van der Waals surface area (Å²) in [6.07, 6.45) is 3.97. The van der Waals surface area contributed by atoms with Gasteiger partial charge in [0.1, 0.15) is 12.4 Å². The number of carbonyl (C=O) groups is 1. The van der Waals surface area contributed by atoms with E-state index in [1.165, 1.54) is 10.9 Å². The number of carbonyl (C=O) groups excluding carboxylic acids is 1. The van der Waals surface area contributed by atoms with Crippen LogP contribution < -0.4 is 0 Å². The molecule has 0 N–H and O–H groups in total. The lowest BCUT2D eigenvalue weighted by molar-refractivity contribution is -0.132. The van der Waals surface area contributed by atoms with Crippen LogP contribution in [0.4, 0.5) is 4.39 Å². The van der Waals surface area contributed by atoms with Crippen LogP contribution in [-0.2, 0) is 24.2 Å². The number of halogens is 1. The Balaban J connectivity index is 1.35. The van der Waals surface area contributed by atoms with Crippen LogP contribution in [0.15, 0.2) is 24.3 Å². The molecule has 1 saturated carbocycles. The fourth-order valence-corrected chi connectivity index (χ4v) is 5.15. The number of aryl methyl sites for hydroxylation is 2. The van der Waals surface area contributed by atoms with Crippen molar-refractivity contribution in [1.82, 2.24) is 19.7 Å². The molecule has 0 radical (unpaired) electrons. The van der Waals surface area contributed by atoms with Crippen molar-refractivity contribution in [2.24, 2.45) is 0 Å². The van der Waals surface area contributed by atoms with Crippen LogP contribution in [0.1, 0.15) is 45.6 Å². The Hall–Kier alpha value is -2.54. The number of rotatable bonds is 4. The lowest BCUT2D eigenvalue weighted by Gasteiger charge is -2.20. The molecule has 1 aliphatic heterocycles. The molecule has 1 amide bonds. The molecule has 3 aromatic rings. The van der Waals surface area contributed by atoms with Crippen molar-refractivity contribution in [3.8, 4) is 11.3 Å². The predicted octanol–water partition coefficient (Wildman–Crippen LogP) is 4.27. The molecule has 0 spiro atoms. The highest BCUT2D eigenvalue weighted by atomic mass is 32.1. The molecular weight excluding hydrogens is 399 g/mol. The molecule has 0 saturated heterocycles. The Labute approximate surface area is 179 Å². The molecule has 0 unspecified atom stereocenters. The molecule has 30 heavy (non-hydrogen) atoms. The number of benzene rings is 1. The highest BCUT2D eigenvalue weighted by Gasteiger charge is 2.30. The number of hydrogen-bond donors (Lipinski definition) is 0. The number of aromatic nitrogens is 3. The van der Waals surface area contributed by atoms with Crippen LogP contribution in [0, 0.1) is 19.7 Å². The highest BCUT2D eigenvalue weighted by molar-refractivity contribution is 7.11. The molecule has 1 aromatic carbocycles. The van der Waals surface area contributed by atoms with Crippen molar-refractivity contribution in [2.75, 3.05) is 13.1 Å². The molecule has 5 rings (SSSR count). The highest BCUT2D eigenvalue weighted by Crippen LogP contribution is 2.41. The van der Waals surface area contributed by atoms with Gasteiger partial charge in [-0.05, 0) is 56.5 Å². The van der Waals surface area contributed by atoms with Crippen molar-refractivity contribution >= 4 is 17.2 Å². The van der Waals surface area contributed by atoms with Gasteiger partial charge in [0.2, 0.25) is 5.91 Å². The van der Waals surface area contributed by atoms with Gasteiger partial charge in [-0.3, -0.25) is 9.48 Å². The third kappa shape index (κ3) is 3.78. The summed E-state index contributed by atoms with van der Waals surface area (Å²) in [6.45, 7) is 5.50. The minimum atomic E-state index is -0.213. The Kier molecular flexibility index (Phi) is 4.93. The van der Waals surface area contributed by atoms with Gasteiger partial charge in [-0.25, -0.2) is 9.37 Å². The van der Waals surface area contributed by atoms with Crippen LogP contribution in [0.25, 0.3) is 11.3 Å². The van der Waals surface area contributed by atoms with Gasteiger partial charge in [-0.15, -0.1) is 11.3 Å². The molecule has 3 heterocycles. The second-order valence-corrected chi connectivity index (χ2v) is 9.62. The number of nitrogens with zero attached hydrogens (tertiary/aromatic N) is 4. The normalized spacial score (nSPS) is 16.4. The van der Waals surface area contributed by atoms with Gasteiger partial charge in [0.15, 0.2) is 0 Å². The van der Waals surface area contributed by atoms with E-state index < -0.39 is 0 Å². The fourth-order valence-electron chi connectivity index (χ4n) is 4.18. The molecule has 2 aliphatic rings. The lowest BCUT2D eigenvalue weighted by Crippen LogP contribution is -2.36. The summed E-state index contributed by atoms with van der Waals surface area (Å²) in [5.41, 5.74) is 4.58. The first kappa shape index (κ1) is 19.4. The van der Waals surface area contributed by atoms with E-state index in [0.717, 1.165) is 59.9 Å². The molecule has 1 aliphatic carbocycles. The van der Waals surface area contributed by atoms with E-state index in [-0.39, 0.29) is 18.3 Å². The van der Waals surface area contributed by atoms with Gasteiger partial charge in [0.25, 0.3) is 0 Å². The topological polar surface area (TPSA) is 51.0 Å². The average molecular weight is 425 g/mol. The van der Waals surface area contributed by atoms with E-state index in [2.05, 4.69) is 11.1 Å². The lowest BCUT2D eigenvalue weighted by atomic mass is 10.1. The van der Waals surface area contributed by atoms with E-state index in [1.54, 1.807) is 24.3 Å². The van der Waals surface area contributed by atoms with Crippen LogP contribution in [0.5, 0.6) is 0 Å². The average Bonchev–Trinajstić information content (AvgIpc) is 3.43. The zero-order valence-corrected chi connectivity index (χ0v) is 18.1. The SMILES string of the molecule is Cc1nc2c(s1)CCN(C(=O)Cn1nc(-c3ccc(F)c(C)c3)cc1C1CC1)CC2. The second-order valence-electron chi connectivity index (χ2n) is 8.33. The minimum Gasteiger partial charge on any atom is -0.340 e. The van der Waals surface area contributed by atoms with Crippen molar-refractivity contribution in [1.29, 1.82) is 0 Å². The summed E-state index contributed by atoms with van der Waals surface area (Å²) >= 11 is 1.75. The number of thiazole rings is 1. The number of hydrogen-bond acceptors (Lipinski definition) is 4. The predicted molar refractivity (Wildman–Crippen MR) is 115 cm³/mol. The zero-order chi connectivity index (χ0) is 20.8. The van der Waals surface area contributed by atoms with Gasteiger partial charge in [0.05, 0.1) is 16.4 Å². The van der Waals surface area contributed by atoms with E-state index in [0.29, 0.717) is 18.0 Å². The van der Waals surface area contributed by atoms with Gasteiger partial charge in [-0.1, -0.05) is 0 Å². The Morgan fingerprint density at radius 1 is 1.20 bits per heavy atom. The summed E-state index contributed by atoms with van der Waals surface area (Å²) in [5.74, 6) is 0.368. The van der Waals surface area contributed by atoms with Crippen LogP contribution in [-0.4, -0.2) is 38.7 Å². The fraction of sp³-hybridized carbons (Fsp3) is 0.435. The van der Waals surface area contributed by atoms with Crippen LogP contribution in [0.2, 0.25) is 0 Å². The van der Waals surface area contributed by atoms with Gasteiger partial charge in [-0.2, -0.15) is 5.10 Å². The van der Waals surface area contributed by atoms with Crippen LogP contribution in [0.3, 0.4) is 0 Å². The maximum atomic E-state index is 13.7. The van der Waals surface area contributed by atoms with Crippen molar-refractivity contribution in [3.05, 3.63) is 56.9 Å². The Morgan fingerprint density at radius 3 is 2.77 bits per heavy atom. The summed E-state index contributed by atoms with van der Waals surface area (Å²) in [7, 11) is 0. The Bertz CT molecular complexity index is 1090. The quantitative estimate of drug-likeness (QED) is 0.629. The van der Waals surface area contributed by atoms with Crippen molar-refractivity contribution in [2.45, 2.75) is 52.0 Å². The molecule has 7 heteroatoms. The second kappa shape index (κ2) is 7.61. The molecule has 2 aromatic heterocycles. The first-order chi connectivity index (χ1) is 14.5. The number of fused-ring (bicyclic) bond motifs is 1. The van der Waals surface area contributed by atoms with Gasteiger partial charge in [0, 0.05) is 48.0 Å². The summed E-state index contributed by atoms with van der Waals surface area (Å²) in [5, 5.41) is 5.85. The van der Waals surface area contributed by atoms with E-state index in [1.807, 2.05) is 22.6 Å². The molecule has 156 valence electrons. The van der Waals surface area contributed by atoms with Crippen LogP contribution >= 0.6 is 11.3 Å². The molecule has 1 fully saturated rings. The maximum Gasteiger partial charge on any atom is 0.244 e. The number of amides is 1. The summed E-state index contributed by atoms with van der Waals surface area (Å²) in [4.78, 5) is 21.0. The first-order valence-corrected chi connectivity index (χ1v) is 11.4. The molecular formula is C23H25FN4OS. The smallest absolute Gasteiger partial charge is 0.244 e. The largest absolute Gasteiger partial charge is 0.340 e. The van der Waals surface area contributed by atoms with Gasteiger partial charge < -0.3 is 4.90 Å². The summed E-state index contributed by atoms with van der Waals surface area (Å²) in [6, 6.07) is 7.14. The maximum absolute atomic E-state index is 13.7. The van der Waals surface area contributed by atoms with Crippen molar-refractivity contribution in [3.63, 3.8) is 0 Å². The standard InChI is InChI=1S/C23H25FN4OS/c1-14-11-17(5-6-18(14)24)20-12-21(16-3-4-16)28(26-20)13-23(29)27-9-7-19-22(8-10-27)30-15(2)25-19/h5-6,11-12,16H,3-4,7-10,13H2,1-2H3. The summed E-state index contributed by atoms with van der Waals surface area (Å²) < 4.78 is 15.5. The molecule has 5 nitrogen and oxygen atoms in total. The monoisotopic (exact) mass is 424 g/mol. The van der Waals surface area contributed by atoms with Crippen molar-refractivity contribution < 1.29 is 9.18 Å². The van der Waals surface area contributed by atoms with E-state index in [4.69, 9.17) is 5.10 Å². The molecule has 0 bridgehead atoms. The van der Waals surface area contributed by atoms with Gasteiger partial charge >= 0.3 is 0 Å².